The summed E-state index contributed by atoms with van der Waals surface area (Å²) < 4.78 is 15.4. The molecular weight excluding hydrogens is 237 g/mol. The van der Waals surface area contributed by atoms with Gasteiger partial charge in [0.05, 0.1) is 0 Å². The van der Waals surface area contributed by atoms with Gasteiger partial charge in [-0.15, -0.1) is 0 Å². The first-order chi connectivity index (χ1) is 8.08. The average molecular weight is 251 g/mol. The first-order valence-electron chi connectivity index (χ1n) is 5.46. The minimum absolute atomic E-state index is 0.201. The Kier molecular flexibility index (Phi) is 3.38. The molecule has 0 spiro atoms. The second-order valence-electron chi connectivity index (χ2n) is 4.13. The standard InChI is InChI=1S/C12H14FN3S/c1-8(16-9(2)14-15-12(16)17)7-10-3-5-11(13)6-4-10/h3-6,8H,7H2,1-2H3,(H,15,17). The first-order valence-corrected chi connectivity index (χ1v) is 5.86. The number of nitrogens with one attached hydrogen (secondary N) is 1. The molecule has 1 unspecified atom stereocenters. The molecule has 3 nitrogen and oxygen atoms in total. The monoisotopic (exact) mass is 251 g/mol. The van der Waals surface area contributed by atoms with Crippen LogP contribution < -0.4 is 0 Å². The summed E-state index contributed by atoms with van der Waals surface area (Å²) >= 11 is 5.17. The van der Waals surface area contributed by atoms with Crippen LogP contribution >= 0.6 is 12.2 Å². The summed E-state index contributed by atoms with van der Waals surface area (Å²) in [6.07, 6.45) is 0.801. The van der Waals surface area contributed by atoms with Crippen molar-refractivity contribution < 1.29 is 4.39 Å². The third-order valence-electron chi connectivity index (χ3n) is 2.77. The van der Waals surface area contributed by atoms with Gasteiger partial charge in [0, 0.05) is 6.04 Å². The number of aromatic amines is 1. The molecule has 0 fully saturated rings. The van der Waals surface area contributed by atoms with Crippen LogP contribution in [0.25, 0.3) is 0 Å². The van der Waals surface area contributed by atoms with Gasteiger partial charge in [-0.1, -0.05) is 12.1 Å². The fourth-order valence-electron chi connectivity index (χ4n) is 1.96. The molecule has 1 aromatic heterocycles. The van der Waals surface area contributed by atoms with Crippen LogP contribution in [-0.4, -0.2) is 14.8 Å². The summed E-state index contributed by atoms with van der Waals surface area (Å²) in [5.41, 5.74) is 1.08. The molecule has 5 heteroatoms. The molecule has 1 atom stereocenters. The number of aromatic nitrogens is 3. The van der Waals surface area contributed by atoms with E-state index in [1.54, 1.807) is 12.1 Å². The van der Waals surface area contributed by atoms with E-state index in [0.29, 0.717) is 4.77 Å². The molecule has 0 saturated carbocycles. The van der Waals surface area contributed by atoms with Gasteiger partial charge in [-0.05, 0) is 50.2 Å². The number of rotatable bonds is 3. The highest BCUT2D eigenvalue weighted by atomic mass is 32.1. The van der Waals surface area contributed by atoms with E-state index in [2.05, 4.69) is 17.1 Å². The topological polar surface area (TPSA) is 33.6 Å². The van der Waals surface area contributed by atoms with Gasteiger partial charge >= 0.3 is 0 Å². The lowest BCUT2D eigenvalue weighted by Crippen LogP contribution is -2.10. The van der Waals surface area contributed by atoms with Crippen molar-refractivity contribution in [1.29, 1.82) is 0 Å². The summed E-state index contributed by atoms with van der Waals surface area (Å²) in [5, 5.41) is 6.85. The van der Waals surface area contributed by atoms with E-state index in [-0.39, 0.29) is 11.9 Å². The van der Waals surface area contributed by atoms with Gasteiger partial charge in [0.1, 0.15) is 11.6 Å². The predicted molar refractivity (Wildman–Crippen MR) is 67.0 cm³/mol. The second-order valence-corrected chi connectivity index (χ2v) is 4.51. The van der Waals surface area contributed by atoms with Crippen molar-refractivity contribution in [1.82, 2.24) is 14.8 Å². The van der Waals surface area contributed by atoms with E-state index in [1.807, 2.05) is 11.5 Å². The van der Waals surface area contributed by atoms with Crippen molar-refractivity contribution in [3.63, 3.8) is 0 Å². The zero-order chi connectivity index (χ0) is 12.4. The number of hydrogen-bond acceptors (Lipinski definition) is 2. The normalized spacial score (nSPS) is 12.6. The minimum Gasteiger partial charge on any atom is -0.301 e. The van der Waals surface area contributed by atoms with E-state index in [9.17, 15) is 4.39 Å². The van der Waals surface area contributed by atoms with Crippen LogP contribution in [-0.2, 0) is 6.42 Å². The summed E-state index contributed by atoms with van der Waals surface area (Å²) in [6, 6.07) is 6.75. The fraction of sp³-hybridized carbons (Fsp3) is 0.333. The molecule has 0 saturated heterocycles. The molecule has 0 aliphatic heterocycles. The van der Waals surface area contributed by atoms with E-state index >= 15 is 0 Å². The Labute approximate surface area is 104 Å². The van der Waals surface area contributed by atoms with Crippen molar-refractivity contribution >= 4 is 12.2 Å². The van der Waals surface area contributed by atoms with Crippen molar-refractivity contribution in [3.05, 3.63) is 46.2 Å². The molecule has 0 bridgehead atoms. The first kappa shape index (κ1) is 12.0. The molecule has 1 heterocycles. The van der Waals surface area contributed by atoms with Gasteiger partial charge in [-0.25, -0.2) is 4.39 Å². The maximum atomic E-state index is 12.8. The lowest BCUT2D eigenvalue weighted by molar-refractivity contribution is 0.524. The van der Waals surface area contributed by atoms with Crippen molar-refractivity contribution in [2.45, 2.75) is 26.3 Å². The summed E-state index contributed by atoms with van der Waals surface area (Å²) in [6.45, 7) is 3.98. The average Bonchev–Trinajstić information content (AvgIpc) is 2.62. The van der Waals surface area contributed by atoms with E-state index < -0.39 is 0 Å². The number of halogens is 1. The van der Waals surface area contributed by atoms with Crippen LogP contribution in [0.3, 0.4) is 0 Å². The fourth-order valence-corrected chi connectivity index (χ4v) is 2.31. The zero-order valence-electron chi connectivity index (χ0n) is 9.77. The minimum atomic E-state index is -0.211. The summed E-state index contributed by atoms with van der Waals surface area (Å²) in [4.78, 5) is 0. The molecule has 0 radical (unpaired) electrons. The predicted octanol–water partition coefficient (Wildman–Crippen LogP) is 3.19. The van der Waals surface area contributed by atoms with E-state index in [1.165, 1.54) is 12.1 Å². The second kappa shape index (κ2) is 4.79. The quantitative estimate of drug-likeness (QED) is 0.850. The Morgan fingerprint density at radius 2 is 2.06 bits per heavy atom. The molecule has 2 rings (SSSR count). The molecular formula is C12H14FN3S. The van der Waals surface area contributed by atoms with Crippen LogP contribution in [0.1, 0.15) is 24.4 Å². The highest BCUT2D eigenvalue weighted by Gasteiger charge is 2.10. The van der Waals surface area contributed by atoms with Crippen LogP contribution in [0.5, 0.6) is 0 Å². The lowest BCUT2D eigenvalue weighted by atomic mass is 10.1. The van der Waals surface area contributed by atoms with Gasteiger partial charge in [0.2, 0.25) is 0 Å². The van der Waals surface area contributed by atoms with Gasteiger partial charge in [-0.2, -0.15) is 5.10 Å². The molecule has 2 aromatic rings. The van der Waals surface area contributed by atoms with Crippen LogP contribution in [0.15, 0.2) is 24.3 Å². The van der Waals surface area contributed by atoms with E-state index in [4.69, 9.17) is 12.2 Å². The van der Waals surface area contributed by atoms with Crippen LogP contribution in [0.4, 0.5) is 4.39 Å². The molecule has 1 N–H and O–H groups in total. The molecule has 0 aliphatic carbocycles. The van der Waals surface area contributed by atoms with Gasteiger partial charge in [0.15, 0.2) is 4.77 Å². The van der Waals surface area contributed by atoms with Crippen molar-refractivity contribution in [2.75, 3.05) is 0 Å². The number of nitrogens with zero attached hydrogens (tertiary/aromatic N) is 2. The highest BCUT2D eigenvalue weighted by molar-refractivity contribution is 7.71. The Morgan fingerprint density at radius 1 is 1.41 bits per heavy atom. The molecule has 17 heavy (non-hydrogen) atoms. The molecule has 90 valence electrons. The Hall–Kier alpha value is -1.49. The van der Waals surface area contributed by atoms with Gasteiger partial charge in [-0.3, -0.25) is 5.10 Å². The van der Waals surface area contributed by atoms with Crippen LogP contribution in [0.2, 0.25) is 0 Å². The van der Waals surface area contributed by atoms with Gasteiger partial charge in [0.25, 0.3) is 0 Å². The number of aryl methyl sites for hydroxylation is 1. The van der Waals surface area contributed by atoms with Gasteiger partial charge < -0.3 is 4.57 Å². The summed E-state index contributed by atoms with van der Waals surface area (Å²) in [7, 11) is 0. The number of H-pyrrole nitrogens is 1. The lowest BCUT2D eigenvalue weighted by Gasteiger charge is -2.14. The zero-order valence-corrected chi connectivity index (χ0v) is 10.6. The van der Waals surface area contributed by atoms with Crippen LogP contribution in [0, 0.1) is 17.5 Å². The summed E-state index contributed by atoms with van der Waals surface area (Å²) in [5.74, 6) is 0.655. The highest BCUT2D eigenvalue weighted by Crippen LogP contribution is 2.16. The molecule has 0 amide bonds. The molecule has 1 aromatic carbocycles. The SMILES string of the molecule is Cc1n[nH]c(=S)n1C(C)Cc1ccc(F)cc1. The number of benzene rings is 1. The third kappa shape index (κ3) is 2.61. The Bertz CT molecular complexity index is 556. The Morgan fingerprint density at radius 3 is 2.59 bits per heavy atom. The number of hydrogen-bond donors (Lipinski definition) is 1. The maximum absolute atomic E-state index is 12.8. The third-order valence-corrected chi connectivity index (χ3v) is 3.05. The Balaban J connectivity index is 2.20. The van der Waals surface area contributed by atoms with Crippen molar-refractivity contribution in [2.24, 2.45) is 0 Å². The molecule has 0 aliphatic rings. The smallest absolute Gasteiger partial charge is 0.195 e. The van der Waals surface area contributed by atoms with Crippen molar-refractivity contribution in [3.8, 4) is 0 Å². The van der Waals surface area contributed by atoms with E-state index in [0.717, 1.165) is 17.8 Å². The maximum Gasteiger partial charge on any atom is 0.195 e. The largest absolute Gasteiger partial charge is 0.301 e.